The minimum absolute atomic E-state index is 0.116. The average Bonchev–Trinajstić information content (AvgIpc) is 3.32. The van der Waals surface area contributed by atoms with Gasteiger partial charge in [-0.2, -0.15) is 5.10 Å². The zero-order valence-corrected chi connectivity index (χ0v) is 20.5. The lowest BCUT2D eigenvalue weighted by atomic mass is 10.2. The van der Waals surface area contributed by atoms with E-state index in [4.69, 9.17) is 9.47 Å². The molecule has 0 fully saturated rings. The van der Waals surface area contributed by atoms with Crippen LogP contribution in [-0.4, -0.2) is 46.9 Å². The maximum absolute atomic E-state index is 12.5. The van der Waals surface area contributed by atoms with E-state index in [0.717, 1.165) is 16.8 Å². The largest absolute Gasteiger partial charge is 0.493 e. The fourth-order valence-electron chi connectivity index (χ4n) is 3.41. The molecule has 178 valence electrons. The molecule has 0 bridgehead atoms. The van der Waals surface area contributed by atoms with Crippen molar-refractivity contribution in [1.82, 2.24) is 20.2 Å². The highest BCUT2D eigenvalue weighted by Gasteiger charge is 2.17. The smallest absolute Gasteiger partial charge is 0.250 e. The van der Waals surface area contributed by atoms with Gasteiger partial charge in [0, 0.05) is 16.8 Å². The Bertz CT molecular complexity index is 1320. The van der Waals surface area contributed by atoms with Crippen LogP contribution in [0.4, 0.5) is 0 Å². The van der Waals surface area contributed by atoms with Crippen molar-refractivity contribution < 1.29 is 14.3 Å². The number of hydrogen-bond acceptors (Lipinski definition) is 7. The molecule has 4 rings (SSSR count). The highest BCUT2D eigenvalue weighted by Crippen LogP contribution is 2.30. The van der Waals surface area contributed by atoms with Crippen LogP contribution < -0.4 is 14.9 Å². The van der Waals surface area contributed by atoms with Gasteiger partial charge in [-0.3, -0.25) is 9.36 Å². The summed E-state index contributed by atoms with van der Waals surface area (Å²) in [5.74, 6) is 1.68. The standard InChI is InChI=1S/C26H25N5O3S/c1-18-12-14-21(15-13-18)31-25(19-8-5-4-6-9-19)29-30-26(31)35-17-23(32)28-27-16-20-10-7-11-22(33-2)24(20)34-3/h4-16H,17H2,1-3H3,(H,28,32)/b27-16-. The van der Waals surface area contributed by atoms with Gasteiger partial charge >= 0.3 is 0 Å². The molecule has 0 aliphatic heterocycles. The number of carbonyl (C=O) groups excluding carboxylic acids is 1. The Morgan fingerprint density at radius 1 is 1.00 bits per heavy atom. The number of hydrogen-bond donors (Lipinski definition) is 1. The Hall–Kier alpha value is -4.11. The molecule has 1 heterocycles. The molecule has 1 aromatic heterocycles. The molecule has 8 nitrogen and oxygen atoms in total. The highest BCUT2D eigenvalue weighted by molar-refractivity contribution is 7.99. The van der Waals surface area contributed by atoms with E-state index in [9.17, 15) is 4.79 Å². The van der Waals surface area contributed by atoms with Gasteiger partial charge in [0.1, 0.15) is 0 Å². The minimum Gasteiger partial charge on any atom is -0.493 e. The molecule has 3 aromatic carbocycles. The lowest BCUT2D eigenvalue weighted by Crippen LogP contribution is -2.20. The zero-order valence-electron chi connectivity index (χ0n) is 19.6. The number of amides is 1. The molecule has 0 aliphatic rings. The number of para-hydroxylation sites is 1. The third-order valence-corrected chi connectivity index (χ3v) is 6.05. The van der Waals surface area contributed by atoms with Crippen LogP contribution in [0.3, 0.4) is 0 Å². The van der Waals surface area contributed by atoms with E-state index < -0.39 is 0 Å². The molecule has 0 atom stereocenters. The first-order chi connectivity index (χ1) is 17.1. The lowest BCUT2D eigenvalue weighted by Gasteiger charge is -2.10. The van der Waals surface area contributed by atoms with Gasteiger partial charge in [0.15, 0.2) is 22.5 Å². The molecule has 0 saturated carbocycles. The molecular formula is C26H25N5O3S. The molecule has 0 radical (unpaired) electrons. The van der Waals surface area contributed by atoms with Gasteiger partial charge in [0.05, 0.1) is 26.2 Å². The molecule has 0 saturated heterocycles. The molecule has 1 N–H and O–H groups in total. The van der Waals surface area contributed by atoms with Gasteiger partial charge < -0.3 is 9.47 Å². The number of methoxy groups -OCH3 is 2. The highest BCUT2D eigenvalue weighted by atomic mass is 32.2. The lowest BCUT2D eigenvalue weighted by molar-refractivity contribution is -0.118. The van der Waals surface area contributed by atoms with Gasteiger partial charge in [-0.25, -0.2) is 5.43 Å². The van der Waals surface area contributed by atoms with Crippen molar-refractivity contribution >= 4 is 23.9 Å². The number of nitrogens with one attached hydrogen (secondary N) is 1. The second kappa shape index (κ2) is 11.3. The van der Waals surface area contributed by atoms with E-state index >= 15 is 0 Å². The van der Waals surface area contributed by atoms with E-state index in [1.807, 2.05) is 78.2 Å². The third kappa shape index (κ3) is 5.70. The van der Waals surface area contributed by atoms with Gasteiger partial charge in [-0.05, 0) is 31.2 Å². The molecule has 4 aromatic rings. The first-order valence-electron chi connectivity index (χ1n) is 10.8. The first kappa shape index (κ1) is 24.0. The van der Waals surface area contributed by atoms with Gasteiger partial charge in [0.2, 0.25) is 0 Å². The summed E-state index contributed by atoms with van der Waals surface area (Å²) in [6.45, 7) is 2.04. The summed E-state index contributed by atoms with van der Waals surface area (Å²) in [6, 6.07) is 23.4. The first-order valence-corrected chi connectivity index (χ1v) is 11.8. The number of hydrazone groups is 1. The second-order valence-corrected chi connectivity index (χ2v) is 8.45. The van der Waals surface area contributed by atoms with E-state index in [1.54, 1.807) is 20.3 Å². The fourth-order valence-corrected chi connectivity index (χ4v) is 4.16. The van der Waals surface area contributed by atoms with Crippen molar-refractivity contribution in [1.29, 1.82) is 0 Å². The summed E-state index contributed by atoms with van der Waals surface area (Å²) in [4.78, 5) is 12.5. The normalized spacial score (nSPS) is 10.9. The molecular weight excluding hydrogens is 462 g/mol. The monoisotopic (exact) mass is 487 g/mol. The minimum atomic E-state index is -0.271. The third-order valence-electron chi connectivity index (χ3n) is 5.12. The van der Waals surface area contributed by atoms with Crippen LogP contribution in [0.25, 0.3) is 17.1 Å². The number of thioether (sulfide) groups is 1. The Morgan fingerprint density at radius 2 is 1.77 bits per heavy atom. The summed E-state index contributed by atoms with van der Waals surface area (Å²) < 4.78 is 12.6. The summed E-state index contributed by atoms with van der Waals surface area (Å²) in [7, 11) is 3.12. The molecule has 0 unspecified atom stereocenters. The van der Waals surface area contributed by atoms with Crippen molar-refractivity contribution in [3.8, 4) is 28.6 Å². The molecule has 9 heteroatoms. The number of carbonyl (C=O) groups is 1. The maximum Gasteiger partial charge on any atom is 0.250 e. The second-order valence-electron chi connectivity index (χ2n) is 7.51. The predicted octanol–water partition coefficient (Wildman–Crippen LogP) is 4.50. The number of aromatic nitrogens is 3. The van der Waals surface area contributed by atoms with E-state index in [2.05, 4.69) is 20.7 Å². The summed E-state index contributed by atoms with van der Waals surface area (Å²) in [6.07, 6.45) is 1.52. The SMILES string of the molecule is COc1cccc(/C=N\NC(=O)CSc2nnc(-c3ccccc3)n2-c2ccc(C)cc2)c1OC. The zero-order chi connectivity index (χ0) is 24.6. The van der Waals surface area contributed by atoms with Gasteiger partial charge in [-0.15, -0.1) is 10.2 Å². The van der Waals surface area contributed by atoms with Crippen molar-refractivity contribution in [3.05, 3.63) is 83.9 Å². The molecule has 0 spiro atoms. The Morgan fingerprint density at radius 3 is 2.49 bits per heavy atom. The summed E-state index contributed by atoms with van der Waals surface area (Å²) in [5, 5.41) is 13.4. The van der Waals surface area contributed by atoms with Crippen LogP contribution >= 0.6 is 11.8 Å². The summed E-state index contributed by atoms with van der Waals surface area (Å²) in [5.41, 5.74) is 6.25. The van der Waals surface area contributed by atoms with Crippen molar-refractivity contribution in [3.63, 3.8) is 0 Å². The van der Waals surface area contributed by atoms with Crippen LogP contribution in [0.15, 0.2) is 83.1 Å². The predicted molar refractivity (Wildman–Crippen MR) is 138 cm³/mol. The average molecular weight is 488 g/mol. The van der Waals surface area contributed by atoms with Crippen molar-refractivity contribution in [2.45, 2.75) is 12.1 Å². The van der Waals surface area contributed by atoms with Crippen LogP contribution in [0, 0.1) is 6.92 Å². The van der Waals surface area contributed by atoms with Crippen LogP contribution in [0.2, 0.25) is 0 Å². The topological polar surface area (TPSA) is 90.6 Å². The van der Waals surface area contributed by atoms with E-state index in [-0.39, 0.29) is 11.7 Å². The quantitative estimate of drug-likeness (QED) is 0.212. The van der Waals surface area contributed by atoms with Crippen molar-refractivity contribution in [2.75, 3.05) is 20.0 Å². The van der Waals surface area contributed by atoms with E-state index in [1.165, 1.54) is 18.0 Å². The summed E-state index contributed by atoms with van der Waals surface area (Å²) >= 11 is 1.29. The number of ether oxygens (including phenoxy) is 2. The number of rotatable bonds is 9. The number of benzene rings is 3. The Labute approximate surface area is 208 Å². The molecule has 1 amide bonds. The Balaban J connectivity index is 1.49. The van der Waals surface area contributed by atoms with Crippen molar-refractivity contribution in [2.24, 2.45) is 5.10 Å². The van der Waals surface area contributed by atoms with E-state index in [0.29, 0.717) is 28.0 Å². The Kier molecular flexibility index (Phi) is 7.79. The van der Waals surface area contributed by atoms with Gasteiger partial charge in [-0.1, -0.05) is 65.9 Å². The van der Waals surface area contributed by atoms with Crippen LogP contribution in [0.1, 0.15) is 11.1 Å². The van der Waals surface area contributed by atoms with Gasteiger partial charge in [0.25, 0.3) is 5.91 Å². The van der Waals surface area contributed by atoms with Crippen LogP contribution in [0.5, 0.6) is 11.5 Å². The number of nitrogens with zero attached hydrogens (tertiary/aromatic N) is 4. The fraction of sp³-hybridized carbons (Fsp3) is 0.154. The number of aryl methyl sites for hydroxylation is 1. The molecule has 0 aliphatic carbocycles. The molecule has 35 heavy (non-hydrogen) atoms. The maximum atomic E-state index is 12.5. The van der Waals surface area contributed by atoms with Crippen LogP contribution in [-0.2, 0) is 4.79 Å².